The average molecular weight is 213 g/mol. The summed E-state index contributed by atoms with van der Waals surface area (Å²) in [5.74, 6) is -1.24. The van der Waals surface area contributed by atoms with Crippen molar-refractivity contribution in [1.29, 1.82) is 0 Å². The number of halogens is 2. The highest BCUT2D eigenvalue weighted by Gasteiger charge is 2.20. The van der Waals surface area contributed by atoms with Crippen LogP contribution in [0.5, 0.6) is 0 Å². The highest BCUT2D eigenvalue weighted by atomic mass is 19.1. The molecule has 1 N–H and O–H groups in total. The summed E-state index contributed by atoms with van der Waals surface area (Å²) in [5.41, 5.74) is -0.161. The number of hydrogen-bond acceptors (Lipinski definition) is 2. The molecule has 1 aromatic rings. The van der Waals surface area contributed by atoms with Crippen molar-refractivity contribution in [1.82, 2.24) is 5.32 Å². The standard InChI is InChI=1S/C11H13F2NO/c1-11(2,14-3-4-15)8-5-9(12)7-10(13)6-8/h4-7,14H,3H2,1-2H3. The Kier molecular flexibility index (Phi) is 3.52. The Labute approximate surface area is 87.3 Å². The van der Waals surface area contributed by atoms with E-state index < -0.39 is 17.2 Å². The maximum atomic E-state index is 12.9. The molecule has 2 nitrogen and oxygen atoms in total. The molecule has 0 fully saturated rings. The number of carbonyl (C=O) groups excluding carboxylic acids is 1. The molecule has 4 heteroatoms. The zero-order valence-corrected chi connectivity index (χ0v) is 8.68. The van der Waals surface area contributed by atoms with Crippen LogP contribution in [0.2, 0.25) is 0 Å². The second kappa shape index (κ2) is 4.49. The molecule has 0 aromatic heterocycles. The molecule has 0 spiro atoms. The molecule has 0 saturated carbocycles. The van der Waals surface area contributed by atoms with Gasteiger partial charge in [-0.25, -0.2) is 8.78 Å². The molecule has 1 aromatic carbocycles. The molecule has 15 heavy (non-hydrogen) atoms. The first kappa shape index (κ1) is 11.8. The summed E-state index contributed by atoms with van der Waals surface area (Å²) in [6.07, 6.45) is 0.706. The van der Waals surface area contributed by atoms with Crippen LogP contribution in [0.25, 0.3) is 0 Å². The Morgan fingerprint density at radius 1 is 1.27 bits per heavy atom. The Morgan fingerprint density at radius 2 is 1.80 bits per heavy atom. The van der Waals surface area contributed by atoms with E-state index in [1.54, 1.807) is 13.8 Å². The highest BCUT2D eigenvalue weighted by molar-refractivity contribution is 5.52. The maximum absolute atomic E-state index is 12.9. The molecule has 82 valence electrons. The van der Waals surface area contributed by atoms with E-state index in [9.17, 15) is 13.6 Å². The molecule has 0 heterocycles. The van der Waals surface area contributed by atoms with Crippen LogP contribution in [0.3, 0.4) is 0 Å². The molecule has 0 bridgehead atoms. The first-order valence-electron chi connectivity index (χ1n) is 4.61. The molecule has 0 radical (unpaired) electrons. The molecule has 0 amide bonds. The summed E-state index contributed by atoms with van der Waals surface area (Å²) in [4.78, 5) is 10.2. The van der Waals surface area contributed by atoms with E-state index in [0.717, 1.165) is 6.07 Å². The number of nitrogens with one attached hydrogen (secondary N) is 1. The first-order chi connectivity index (χ1) is 6.95. The fraction of sp³-hybridized carbons (Fsp3) is 0.364. The third-order valence-electron chi connectivity index (χ3n) is 2.21. The zero-order valence-electron chi connectivity index (χ0n) is 8.68. The van der Waals surface area contributed by atoms with E-state index in [-0.39, 0.29) is 6.54 Å². The van der Waals surface area contributed by atoms with Crippen LogP contribution in [0.15, 0.2) is 18.2 Å². The van der Waals surface area contributed by atoms with Gasteiger partial charge in [-0.2, -0.15) is 0 Å². The van der Waals surface area contributed by atoms with Crippen LogP contribution in [0.4, 0.5) is 8.78 Å². The number of aldehydes is 1. The van der Waals surface area contributed by atoms with E-state index >= 15 is 0 Å². The van der Waals surface area contributed by atoms with E-state index in [4.69, 9.17) is 0 Å². The van der Waals surface area contributed by atoms with Gasteiger partial charge in [0.2, 0.25) is 0 Å². The topological polar surface area (TPSA) is 29.1 Å². The van der Waals surface area contributed by atoms with Crippen molar-refractivity contribution >= 4 is 6.29 Å². The van der Waals surface area contributed by atoms with Crippen molar-refractivity contribution in [3.8, 4) is 0 Å². The fourth-order valence-electron chi connectivity index (χ4n) is 1.31. The highest BCUT2D eigenvalue weighted by Crippen LogP contribution is 2.21. The van der Waals surface area contributed by atoms with Crippen LogP contribution in [-0.2, 0) is 10.3 Å². The molecule has 0 aliphatic carbocycles. The smallest absolute Gasteiger partial charge is 0.133 e. The Hall–Kier alpha value is -1.29. The average Bonchev–Trinajstić information content (AvgIpc) is 2.13. The summed E-state index contributed by atoms with van der Waals surface area (Å²) in [6, 6.07) is 3.32. The second-order valence-corrected chi connectivity index (χ2v) is 3.83. The third kappa shape index (κ3) is 3.09. The van der Waals surface area contributed by atoms with E-state index in [2.05, 4.69) is 5.32 Å². The summed E-state index contributed by atoms with van der Waals surface area (Å²) < 4.78 is 25.9. The quantitative estimate of drug-likeness (QED) is 0.775. The third-order valence-corrected chi connectivity index (χ3v) is 2.21. The van der Waals surface area contributed by atoms with Crippen LogP contribution < -0.4 is 5.32 Å². The first-order valence-corrected chi connectivity index (χ1v) is 4.61. The molecule has 0 unspecified atom stereocenters. The van der Waals surface area contributed by atoms with Crippen molar-refractivity contribution in [2.45, 2.75) is 19.4 Å². The monoisotopic (exact) mass is 213 g/mol. The number of hydrogen-bond donors (Lipinski definition) is 1. The molecule has 0 saturated heterocycles. The Bertz CT molecular complexity index is 343. The van der Waals surface area contributed by atoms with Gasteiger partial charge in [-0.05, 0) is 31.5 Å². The predicted octanol–water partition coefficient (Wildman–Crippen LogP) is 1.99. The van der Waals surface area contributed by atoms with Crippen molar-refractivity contribution in [3.05, 3.63) is 35.4 Å². The van der Waals surface area contributed by atoms with Crippen LogP contribution in [0.1, 0.15) is 19.4 Å². The normalized spacial score (nSPS) is 11.5. The largest absolute Gasteiger partial charge is 0.302 e. The SMILES string of the molecule is CC(C)(NCC=O)c1cc(F)cc(F)c1. The Balaban J connectivity index is 2.97. The molecular formula is C11H13F2NO. The number of benzene rings is 1. The lowest BCUT2D eigenvalue weighted by Crippen LogP contribution is -2.37. The molecule has 1 rings (SSSR count). The number of rotatable bonds is 4. The van der Waals surface area contributed by atoms with Crippen molar-refractivity contribution < 1.29 is 13.6 Å². The summed E-state index contributed by atoms with van der Waals surface area (Å²) in [7, 11) is 0. The van der Waals surface area contributed by atoms with Crippen LogP contribution >= 0.6 is 0 Å². The Morgan fingerprint density at radius 3 is 2.27 bits per heavy atom. The van der Waals surface area contributed by atoms with Crippen molar-refractivity contribution in [2.24, 2.45) is 0 Å². The molecule has 0 aliphatic rings. The minimum atomic E-state index is -0.635. The van der Waals surface area contributed by atoms with Crippen LogP contribution in [-0.4, -0.2) is 12.8 Å². The lowest BCUT2D eigenvalue weighted by molar-refractivity contribution is -0.107. The molecule has 0 atom stereocenters. The van der Waals surface area contributed by atoms with Crippen LogP contribution in [0, 0.1) is 11.6 Å². The minimum Gasteiger partial charge on any atom is -0.302 e. The number of carbonyl (C=O) groups is 1. The summed E-state index contributed by atoms with van der Waals surface area (Å²) in [6.45, 7) is 3.65. The summed E-state index contributed by atoms with van der Waals surface area (Å²) in [5, 5.41) is 2.88. The van der Waals surface area contributed by atoms with Gasteiger partial charge in [-0.3, -0.25) is 0 Å². The van der Waals surface area contributed by atoms with Gasteiger partial charge in [-0.15, -0.1) is 0 Å². The van der Waals surface area contributed by atoms with Gasteiger partial charge in [0.1, 0.15) is 17.9 Å². The van der Waals surface area contributed by atoms with Gasteiger partial charge in [0.05, 0.1) is 6.54 Å². The summed E-state index contributed by atoms with van der Waals surface area (Å²) >= 11 is 0. The maximum Gasteiger partial charge on any atom is 0.133 e. The van der Waals surface area contributed by atoms with E-state index in [1.807, 2.05) is 0 Å². The van der Waals surface area contributed by atoms with Gasteiger partial charge in [-0.1, -0.05) is 0 Å². The van der Waals surface area contributed by atoms with Gasteiger partial charge < -0.3 is 10.1 Å². The van der Waals surface area contributed by atoms with Crippen molar-refractivity contribution in [2.75, 3.05) is 6.54 Å². The van der Waals surface area contributed by atoms with E-state index in [0.29, 0.717) is 11.8 Å². The lowest BCUT2D eigenvalue weighted by atomic mass is 9.94. The zero-order chi connectivity index (χ0) is 11.5. The fourth-order valence-corrected chi connectivity index (χ4v) is 1.31. The predicted molar refractivity (Wildman–Crippen MR) is 53.5 cm³/mol. The van der Waals surface area contributed by atoms with Gasteiger partial charge in [0, 0.05) is 11.6 Å². The molecule has 0 aliphatic heterocycles. The van der Waals surface area contributed by atoms with Crippen molar-refractivity contribution in [3.63, 3.8) is 0 Å². The van der Waals surface area contributed by atoms with Gasteiger partial charge >= 0.3 is 0 Å². The lowest BCUT2D eigenvalue weighted by Gasteiger charge is -2.26. The van der Waals surface area contributed by atoms with Gasteiger partial charge in [0.15, 0.2) is 0 Å². The molecular weight excluding hydrogens is 200 g/mol. The minimum absolute atomic E-state index is 0.144. The van der Waals surface area contributed by atoms with E-state index in [1.165, 1.54) is 12.1 Å². The second-order valence-electron chi connectivity index (χ2n) is 3.83. The van der Waals surface area contributed by atoms with Gasteiger partial charge in [0.25, 0.3) is 0 Å².